The molecule has 2 heterocycles. The van der Waals surface area contributed by atoms with Crippen LogP contribution in [0.2, 0.25) is 0 Å². The molecule has 2 amide bonds. The van der Waals surface area contributed by atoms with Crippen LogP contribution in [0.1, 0.15) is 51.4 Å². The molecule has 0 radical (unpaired) electrons. The number of primary amides is 1. The Balaban J connectivity index is 0.00000288. The highest BCUT2D eigenvalue weighted by Crippen LogP contribution is 2.31. The maximum absolute atomic E-state index is 12.1. The van der Waals surface area contributed by atoms with Gasteiger partial charge in [0.25, 0.3) is 0 Å². The summed E-state index contributed by atoms with van der Waals surface area (Å²) in [6.07, 6.45) is 5.15. The number of piperidine rings is 2. The van der Waals surface area contributed by atoms with Crippen LogP contribution in [0, 0.1) is 0 Å². The molecule has 2 aliphatic heterocycles. The number of hydrogen-bond acceptors (Lipinski definition) is 4. The van der Waals surface area contributed by atoms with Gasteiger partial charge in [0.2, 0.25) is 11.8 Å². The molecule has 0 spiro atoms. The number of aliphatic carboxylic acids is 1. The summed E-state index contributed by atoms with van der Waals surface area (Å²) >= 11 is 0. The standard InChI is InChI=1S/C16H27N3O4.ClH/c17-15(23)16(19-9-2-1-3-10-19)7-11-18(12-8-16)13(20)5-4-6-14(21)22;/h1-12H2,(H2,17,23)(H,21,22);1H. The molecule has 2 saturated heterocycles. The van der Waals surface area contributed by atoms with Gasteiger partial charge in [-0.1, -0.05) is 6.42 Å². The highest BCUT2D eigenvalue weighted by molar-refractivity contribution is 5.86. The van der Waals surface area contributed by atoms with E-state index in [1.165, 1.54) is 6.42 Å². The molecule has 0 saturated carbocycles. The van der Waals surface area contributed by atoms with E-state index >= 15 is 0 Å². The van der Waals surface area contributed by atoms with Crippen molar-refractivity contribution in [3.63, 3.8) is 0 Å². The third kappa shape index (κ3) is 4.83. The van der Waals surface area contributed by atoms with Gasteiger partial charge in [-0.2, -0.15) is 0 Å². The van der Waals surface area contributed by atoms with Gasteiger partial charge in [-0.3, -0.25) is 19.3 Å². The molecule has 2 rings (SSSR count). The Morgan fingerprint density at radius 3 is 2.04 bits per heavy atom. The quantitative estimate of drug-likeness (QED) is 0.734. The number of likely N-dealkylation sites (tertiary alicyclic amines) is 2. The number of amides is 2. The second-order valence-electron chi connectivity index (χ2n) is 6.57. The van der Waals surface area contributed by atoms with Gasteiger partial charge < -0.3 is 15.7 Å². The molecule has 0 bridgehead atoms. The van der Waals surface area contributed by atoms with Crippen molar-refractivity contribution in [1.82, 2.24) is 9.80 Å². The van der Waals surface area contributed by atoms with E-state index < -0.39 is 11.5 Å². The first-order chi connectivity index (χ1) is 11.0. The number of hydrogen-bond donors (Lipinski definition) is 2. The Kier molecular flexibility index (Phi) is 7.96. The molecule has 3 N–H and O–H groups in total. The fraction of sp³-hybridized carbons (Fsp3) is 0.812. The maximum atomic E-state index is 12.1. The lowest BCUT2D eigenvalue weighted by molar-refractivity contribution is -0.142. The van der Waals surface area contributed by atoms with Gasteiger partial charge in [0, 0.05) is 25.9 Å². The van der Waals surface area contributed by atoms with Gasteiger partial charge in [0.1, 0.15) is 5.54 Å². The second-order valence-corrected chi connectivity index (χ2v) is 6.57. The van der Waals surface area contributed by atoms with Crippen LogP contribution in [0.5, 0.6) is 0 Å². The highest BCUT2D eigenvalue weighted by atomic mass is 35.5. The van der Waals surface area contributed by atoms with Crippen molar-refractivity contribution in [2.75, 3.05) is 26.2 Å². The summed E-state index contributed by atoms with van der Waals surface area (Å²) in [6, 6.07) is 0. The molecule has 0 aromatic heterocycles. The Morgan fingerprint density at radius 2 is 1.54 bits per heavy atom. The molecular weight excluding hydrogens is 334 g/mol. The molecule has 0 aliphatic carbocycles. The molecular formula is C16H28ClN3O4. The number of carbonyl (C=O) groups is 3. The monoisotopic (exact) mass is 361 g/mol. The van der Waals surface area contributed by atoms with Gasteiger partial charge in [-0.05, 0) is 45.2 Å². The molecule has 138 valence electrons. The summed E-state index contributed by atoms with van der Waals surface area (Å²) in [5, 5.41) is 8.63. The first-order valence-electron chi connectivity index (χ1n) is 8.50. The van der Waals surface area contributed by atoms with E-state index in [1.807, 2.05) is 0 Å². The van der Waals surface area contributed by atoms with Crippen LogP contribution >= 0.6 is 12.4 Å². The third-order valence-electron chi connectivity index (χ3n) is 5.14. The fourth-order valence-corrected chi connectivity index (χ4v) is 3.72. The summed E-state index contributed by atoms with van der Waals surface area (Å²) < 4.78 is 0. The van der Waals surface area contributed by atoms with Crippen molar-refractivity contribution in [2.45, 2.75) is 56.9 Å². The van der Waals surface area contributed by atoms with Gasteiger partial charge >= 0.3 is 5.97 Å². The van der Waals surface area contributed by atoms with Crippen LogP contribution in [0.3, 0.4) is 0 Å². The Bertz CT molecular complexity index is 458. The average molecular weight is 362 g/mol. The summed E-state index contributed by atoms with van der Waals surface area (Å²) in [5.41, 5.74) is 5.11. The van der Waals surface area contributed by atoms with Crippen LogP contribution < -0.4 is 5.73 Å². The Labute approximate surface area is 148 Å². The molecule has 0 atom stereocenters. The zero-order valence-corrected chi connectivity index (χ0v) is 14.9. The minimum atomic E-state index is -0.880. The molecule has 7 nitrogen and oxygen atoms in total. The van der Waals surface area contributed by atoms with Gasteiger partial charge in [-0.25, -0.2) is 0 Å². The summed E-state index contributed by atoms with van der Waals surface area (Å²) in [5.74, 6) is -1.19. The van der Waals surface area contributed by atoms with E-state index in [4.69, 9.17) is 10.8 Å². The number of nitrogens with zero attached hydrogens (tertiary/aromatic N) is 2. The lowest BCUT2D eigenvalue weighted by Gasteiger charge is -2.48. The van der Waals surface area contributed by atoms with Crippen LogP contribution in [-0.2, 0) is 14.4 Å². The third-order valence-corrected chi connectivity index (χ3v) is 5.14. The smallest absolute Gasteiger partial charge is 0.303 e. The lowest BCUT2D eigenvalue weighted by Crippen LogP contribution is -2.63. The summed E-state index contributed by atoms with van der Waals surface area (Å²) in [4.78, 5) is 38.7. The van der Waals surface area contributed by atoms with Gasteiger partial charge in [0.05, 0.1) is 0 Å². The minimum absolute atomic E-state index is 0. The maximum Gasteiger partial charge on any atom is 0.303 e. The van der Waals surface area contributed by atoms with E-state index in [0.29, 0.717) is 32.4 Å². The largest absolute Gasteiger partial charge is 0.481 e. The number of carboxylic acids is 1. The molecule has 2 aliphatic rings. The van der Waals surface area contributed by atoms with Crippen LogP contribution in [0.25, 0.3) is 0 Å². The summed E-state index contributed by atoms with van der Waals surface area (Å²) in [6.45, 7) is 2.84. The fourth-order valence-electron chi connectivity index (χ4n) is 3.72. The Morgan fingerprint density at radius 1 is 0.958 bits per heavy atom. The lowest BCUT2D eigenvalue weighted by atomic mass is 9.83. The van der Waals surface area contributed by atoms with E-state index in [1.54, 1.807) is 4.90 Å². The molecule has 0 aromatic rings. The normalized spacial score (nSPS) is 20.9. The summed E-state index contributed by atoms with van der Waals surface area (Å²) in [7, 11) is 0. The Hall–Kier alpha value is -1.34. The van der Waals surface area contributed by atoms with Crippen LogP contribution in [-0.4, -0.2) is 64.4 Å². The van der Waals surface area contributed by atoms with Crippen molar-refractivity contribution >= 4 is 30.2 Å². The van der Waals surface area contributed by atoms with E-state index in [9.17, 15) is 14.4 Å². The van der Waals surface area contributed by atoms with Crippen molar-refractivity contribution in [3.05, 3.63) is 0 Å². The zero-order chi connectivity index (χ0) is 16.9. The molecule has 0 unspecified atom stereocenters. The molecule has 2 fully saturated rings. The number of halogens is 1. The van der Waals surface area contributed by atoms with Crippen molar-refractivity contribution in [3.8, 4) is 0 Å². The van der Waals surface area contributed by atoms with Gasteiger partial charge in [0.15, 0.2) is 0 Å². The number of carboxylic acid groups (broad SMARTS) is 1. The predicted octanol–water partition coefficient (Wildman–Crippen LogP) is 0.995. The van der Waals surface area contributed by atoms with E-state index in [2.05, 4.69) is 4.90 Å². The number of rotatable bonds is 6. The van der Waals surface area contributed by atoms with E-state index in [-0.39, 0.29) is 37.1 Å². The first kappa shape index (κ1) is 20.7. The van der Waals surface area contributed by atoms with Crippen LogP contribution in [0.15, 0.2) is 0 Å². The van der Waals surface area contributed by atoms with Crippen molar-refractivity contribution < 1.29 is 19.5 Å². The second kappa shape index (κ2) is 9.22. The topological polar surface area (TPSA) is 104 Å². The minimum Gasteiger partial charge on any atom is -0.481 e. The molecule has 8 heteroatoms. The van der Waals surface area contributed by atoms with E-state index in [0.717, 1.165) is 25.9 Å². The molecule has 24 heavy (non-hydrogen) atoms. The first-order valence-corrected chi connectivity index (χ1v) is 8.50. The SMILES string of the molecule is Cl.NC(=O)C1(N2CCCCC2)CCN(C(=O)CCCC(=O)O)CC1. The van der Waals surface area contributed by atoms with Gasteiger partial charge in [-0.15, -0.1) is 12.4 Å². The highest BCUT2D eigenvalue weighted by Gasteiger charge is 2.45. The predicted molar refractivity (Wildman–Crippen MR) is 91.9 cm³/mol. The van der Waals surface area contributed by atoms with Crippen LogP contribution in [0.4, 0.5) is 0 Å². The molecule has 0 aromatic carbocycles. The van der Waals surface area contributed by atoms with Crippen molar-refractivity contribution in [2.24, 2.45) is 5.73 Å². The van der Waals surface area contributed by atoms with Crippen molar-refractivity contribution in [1.29, 1.82) is 0 Å². The zero-order valence-electron chi connectivity index (χ0n) is 14.0. The average Bonchev–Trinajstić information content (AvgIpc) is 2.55. The number of nitrogens with two attached hydrogens (primary N) is 1. The number of carbonyl (C=O) groups excluding carboxylic acids is 2.